The molecule has 10 aromatic rings. The van der Waals surface area contributed by atoms with Crippen molar-refractivity contribution in [2.24, 2.45) is 0 Å². The van der Waals surface area contributed by atoms with Gasteiger partial charge in [-0.2, -0.15) is 0 Å². The summed E-state index contributed by atoms with van der Waals surface area (Å²) in [7, 11) is 0. The second-order valence-electron chi connectivity index (χ2n) is 23.9. The van der Waals surface area contributed by atoms with Crippen LogP contribution in [0.25, 0.3) is 22.3 Å². The van der Waals surface area contributed by atoms with Gasteiger partial charge in [0.2, 0.25) is 0 Å². The molecule has 0 radical (unpaired) electrons. The molecule has 0 bridgehead atoms. The van der Waals surface area contributed by atoms with Gasteiger partial charge in [-0.3, -0.25) is 0 Å². The standard InChI is InChI=1S/C77H64O7/c78-59(43-79-60-29-21-55(22-30-60)76(57-25-33-62(34-26-57)81-45-64-47-83-64)41-72(68-13-5-7-15-74(68)76)53-19-17-51-37-49-9-1-3-11-66(49)70(51)39-53)44-80-61-31-23-56(24-32-61)77(58-27-35-63(36-28-58)82-46-65-48-84-65)42-73(69-14-6-8-16-75(69)77)54-20-18-52-38-50-10-2-4-12-67(50)71(52)40-54/h1-36,39-40,59,64-65,72-73,78H,37-38,41-48H2. The van der Waals surface area contributed by atoms with Crippen molar-refractivity contribution in [1.82, 2.24) is 0 Å². The number of epoxide rings is 2. The van der Waals surface area contributed by atoms with Gasteiger partial charge in [0.25, 0.3) is 0 Å². The minimum Gasteiger partial charge on any atom is -0.491 e. The van der Waals surface area contributed by atoms with E-state index in [0.29, 0.717) is 24.7 Å². The van der Waals surface area contributed by atoms with Crippen LogP contribution in [0.4, 0.5) is 0 Å². The number of aliphatic hydroxyl groups is 1. The summed E-state index contributed by atoms with van der Waals surface area (Å²) in [5, 5.41) is 11.4. The summed E-state index contributed by atoms with van der Waals surface area (Å²) >= 11 is 0. The zero-order chi connectivity index (χ0) is 55.8. The highest BCUT2D eigenvalue weighted by atomic mass is 16.6. The van der Waals surface area contributed by atoms with Gasteiger partial charge in [0.15, 0.2) is 0 Å². The molecule has 1 N–H and O–H groups in total. The molecule has 0 aromatic heterocycles. The number of aliphatic hydroxyl groups excluding tert-OH is 1. The molecular weight excluding hydrogens is 1040 g/mol. The van der Waals surface area contributed by atoms with Crippen molar-refractivity contribution in [2.45, 2.75) is 66.7 Å². The topological polar surface area (TPSA) is 82.2 Å². The maximum Gasteiger partial charge on any atom is 0.122 e. The summed E-state index contributed by atoms with van der Waals surface area (Å²) in [4.78, 5) is 0. The van der Waals surface area contributed by atoms with Crippen LogP contribution < -0.4 is 18.9 Å². The van der Waals surface area contributed by atoms with E-state index in [1.165, 1.54) is 100 Å². The quantitative estimate of drug-likeness (QED) is 0.0857. The van der Waals surface area contributed by atoms with Crippen LogP contribution in [0.3, 0.4) is 0 Å². The number of hydrogen-bond acceptors (Lipinski definition) is 7. The van der Waals surface area contributed by atoms with E-state index in [4.69, 9.17) is 28.4 Å². The average molecular weight is 1100 g/mol. The van der Waals surface area contributed by atoms with Crippen molar-refractivity contribution in [3.05, 3.63) is 308 Å². The molecule has 0 spiro atoms. The first kappa shape index (κ1) is 51.0. The maximum atomic E-state index is 11.4. The monoisotopic (exact) mass is 1100 g/mol. The van der Waals surface area contributed by atoms with Gasteiger partial charge in [0.1, 0.15) is 67.7 Å². The Labute approximate surface area is 491 Å². The molecule has 0 saturated carbocycles. The summed E-state index contributed by atoms with van der Waals surface area (Å²) in [5.74, 6) is 3.39. The zero-order valence-electron chi connectivity index (χ0n) is 46.8. The minimum absolute atomic E-state index is 0.0747. The molecule has 7 nitrogen and oxygen atoms in total. The van der Waals surface area contributed by atoms with Crippen molar-refractivity contribution in [2.75, 3.05) is 39.6 Å². The maximum absolute atomic E-state index is 11.4. The summed E-state index contributed by atoms with van der Waals surface area (Å²) in [6, 6.07) is 84.4. The Bertz CT molecular complexity index is 3820. The summed E-state index contributed by atoms with van der Waals surface area (Å²) in [6.45, 7) is 2.78. The number of fused-ring (bicyclic) bond motifs is 8. The predicted molar refractivity (Wildman–Crippen MR) is 328 cm³/mol. The molecule has 6 atom stereocenters. The van der Waals surface area contributed by atoms with Crippen molar-refractivity contribution >= 4 is 0 Å². The fourth-order valence-electron chi connectivity index (χ4n) is 14.7. The Balaban J connectivity index is 0.642. The van der Waals surface area contributed by atoms with E-state index in [1.54, 1.807) is 0 Å². The van der Waals surface area contributed by atoms with Gasteiger partial charge in [-0.25, -0.2) is 0 Å². The summed E-state index contributed by atoms with van der Waals surface area (Å²) < 4.78 is 35.9. The highest BCUT2D eigenvalue weighted by Crippen LogP contribution is 2.59. The van der Waals surface area contributed by atoms with Gasteiger partial charge >= 0.3 is 0 Å². The molecule has 16 rings (SSSR count). The normalized spacial score (nSPS) is 22.0. The number of ether oxygens (including phenoxy) is 6. The van der Waals surface area contributed by atoms with Crippen LogP contribution in [-0.4, -0.2) is 63.1 Å². The fraction of sp³-hybridized carbons (Fsp3) is 0.221. The molecule has 2 aliphatic heterocycles. The first-order chi connectivity index (χ1) is 41.4. The molecule has 7 heteroatoms. The van der Waals surface area contributed by atoms with E-state index in [-0.39, 0.29) is 37.3 Å². The van der Waals surface area contributed by atoms with E-state index in [9.17, 15) is 5.11 Å². The van der Waals surface area contributed by atoms with E-state index in [2.05, 4.69) is 206 Å². The SMILES string of the molecule is OC(COc1ccc(C2(c3ccc(OCC4CO4)cc3)CC(c3ccc4c(c3)-c3ccccc3C4)c3ccccc32)cc1)COc1ccc(C2(c3ccc(OCC4CO4)cc3)CC(c3ccc4c(c3)-c3ccccc3C4)c3ccccc32)cc1. The number of hydrogen-bond donors (Lipinski definition) is 1. The first-order valence-electron chi connectivity index (χ1n) is 29.9. The third kappa shape index (κ3) is 9.09. The van der Waals surface area contributed by atoms with Crippen LogP contribution in [0.15, 0.2) is 231 Å². The van der Waals surface area contributed by atoms with E-state index >= 15 is 0 Å². The molecule has 6 unspecified atom stereocenters. The van der Waals surface area contributed by atoms with Crippen LogP contribution in [0.2, 0.25) is 0 Å². The van der Waals surface area contributed by atoms with Crippen LogP contribution in [0.5, 0.6) is 23.0 Å². The third-order valence-electron chi connectivity index (χ3n) is 19.0. The molecule has 4 aliphatic carbocycles. The molecule has 414 valence electrons. The lowest BCUT2D eigenvalue weighted by Gasteiger charge is -2.33. The van der Waals surface area contributed by atoms with Crippen molar-refractivity contribution in [3.63, 3.8) is 0 Å². The Morgan fingerprint density at radius 1 is 0.381 bits per heavy atom. The van der Waals surface area contributed by atoms with Crippen molar-refractivity contribution in [1.29, 1.82) is 0 Å². The van der Waals surface area contributed by atoms with Crippen LogP contribution in [0.1, 0.15) is 103 Å². The highest BCUT2D eigenvalue weighted by molar-refractivity contribution is 5.79. The molecule has 2 fully saturated rings. The zero-order valence-corrected chi connectivity index (χ0v) is 46.8. The Kier molecular flexibility index (Phi) is 12.7. The summed E-state index contributed by atoms with van der Waals surface area (Å²) in [5.41, 5.74) is 22.8. The van der Waals surface area contributed by atoms with Gasteiger partial charge in [-0.05, 0) is 174 Å². The van der Waals surface area contributed by atoms with Crippen LogP contribution in [0, 0.1) is 0 Å². The smallest absolute Gasteiger partial charge is 0.122 e. The predicted octanol–water partition coefficient (Wildman–Crippen LogP) is 14.9. The Hall–Kier alpha value is -8.72. The number of rotatable bonds is 18. The average Bonchev–Trinajstić information content (AvgIpc) is 1.69. The lowest BCUT2D eigenvalue weighted by atomic mass is 9.69. The van der Waals surface area contributed by atoms with Crippen molar-refractivity contribution < 1.29 is 33.5 Å². The first-order valence-corrected chi connectivity index (χ1v) is 29.9. The fourth-order valence-corrected chi connectivity index (χ4v) is 14.7. The molecular formula is C77H64O7. The molecule has 0 amide bonds. The van der Waals surface area contributed by atoms with Crippen LogP contribution in [-0.2, 0) is 33.1 Å². The molecule has 2 saturated heterocycles. The third-order valence-corrected chi connectivity index (χ3v) is 19.0. The second-order valence-corrected chi connectivity index (χ2v) is 23.9. The van der Waals surface area contributed by atoms with E-state index in [0.717, 1.165) is 50.4 Å². The van der Waals surface area contributed by atoms with Gasteiger partial charge < -0.3 is 33.5 Å². The second kappa shape index (κ2) is 20.9. The van der Waals surface area contributed by atoms with E-state index in [1.807, 2.05) is 24.3 Å². The van der Waals surface area contributed by atoms with E-state index < -0.39 is 16.9 Å². The Morgan fingerprint density at radius 2 is 0.726 bits per heavy atom. The largest absolute Gasteiger partial charge is 0.491 e. The molecule has 84 heavy (non-hydrogen) atoms. The lowest BCUT2D eigenvalue weighted by molar-refractivity contribution is 0.0626. The minimum atomic E-state index is -0.870. The van der Waals surface area contributed by atoms with Gasteiger partial charge in [0, 0.05) is 22.7 Å². The Morgan fingerprint density at radius 3 is 1.12 bits per heavy atom. The van der Waals surface area contributed by atoms with Crippen LogP contribution >= 0.6 is 0 Å². The van der Waals surface area contributed by atoms with Gasteiger partial charge in [-0.1, -0.05) is 182 Å². The molecule has 2 heterocycles. The molecule has 10 aromatic carbocycles. The lowest BCUT2D eigenvalue weighted by Crippen LogP contribution is -2.27. The summed E-state index contributed by atoms with van der Waals surface area (Å²) in [6.07, 6.45) is 3.16. The number of benzene rings is 10. The highest BCUT2D eigenvalue weighted by Gasteiger charge is 2.49. The molecule has 6 aliphatic rings. The van der Waals surface area contributed by atoms with Gasteiger partial charge in [-0.15, -0.1) is 0 Å². The van der Waals surface area contributed by atoms with Crippen molar-refractivity contribution in [3.8, 4) is 45.3 Å². The van der Waals surface area contributed by atoms with Gasteiger partial charge in [0.05, 0.1) is 13.2 Å².